The maximum absolute atomic E-state index is 12.2. The van der Waals surface area contributed by atoms with Crippen molar-refractivity contribution in [2.45, 2.75) is 13.3 Å². The Balaban J connectivity index is 2.24. The molecule has 1 aromatic rings. The third kappa shape index (κ3) is 2.45. The van der Waals surface area contributed by atoms with Gasteiger partial charge in [-0.15, -0.1) is 0 Å². The molecule has 1 aliphatic heterocycles. The molecule has 80 valence electrons. The molecule has 0 spiro atoms. The monoisotopic (exact) mass is 284 g/mol. The van der Waals surface area contributed by atoms with E-state index in [9.17, 15) is 4.79 Å². The van der Waals surface area contributed by atoms with Crippen molar-refractivity contribution >= 4 is 33.5 Å². The van der Waals surface area contributed by atoms with Crippen LogP contribution in [0.1, 0.15) is 22.3 Å². The minimum Gasteiger partial charge on any atom is -0.294 e. The Morgan fingerprint density at radius 2 is 2.33 bits per heavy atom. The number of benzene rings is 1. The van der Waals surface area contributed by atoms with Gasteiger partial charge in [-0.05, 0) is 36.8 Å². The average Bonchev–Trinajstić information content (AvgIpc) is 2.69. The molecule has 15 heavy (non-hydrogen) atoms. The molecular weight excluding hydrogens is 272 g/mol. The number of aryl methyl sites for hydroxylation is 1. The summed E-state index contributed by atoms with van der Waals surface area (Å²) >= 11 is 5.30. The van der Waals surface area contributed by atoms with Gasteiger partial charge in [-0.2, -0.15) is 11.8 Å². The summed E-state index contributed by atoms with van der Waals surface area (Å²) in [6, 6.07) is 5.89. The first-order valence-corrected chi connectivity index (χ1v) is 7.01. The number of carbonyl (C=O) groups is 1. The fourth-order valence-corrected chi connectivity index (χ4v) is 3.56. The van der Waals surface area contributed by atoms with Gasteiger partial charge in [0.2, 0.25) is 0 Å². The Morgan fingerprint density at radius 3 is 2.93 bits per heavy atom. The lowest BCUT2D eigenvalue weighted by Crippen LogP contribution is -2.15. The molecule has 0 radical (unpaired) electrons. The van der Waals surface area contributed by atoms with Crippen LogP contribution in [0.3, 0.4) is 0 Å². The summed E-state index contributed by atoms with van der Waals surface area (Å²) in [5.41, 5.74) is 1.97. The Bertz CT molecular complexity index is 383. The van der Waals surface area contributed by atoms with Gasteiger partial charge in [-0.3, -0.25) is 4.79 Å². The molecule has 0 bridgehead atoms. The first-order valence-electron chi connectivity index (χ1n) is 5.06. The van der Waals surface area contributed by atoms with Crippen molar-refractivity contribution in [2.75, 3.05) is 11.5 Å². The SMILES string of the molecule is Cc1cc(Br)ccc1C(=O)C1CCSC1. The van der Waals surface area contributed by atoms with Crippen molar-refractivity contribution in [3.63, 3.8) is 0 Å². The van der Waals surface area contributed by atoms with Gasteiger partial charge in [0.15, 0.2) is 5.78 Å². The van der Waals surface area contributed by atoms with Crippen LogP contribution in [0.4, 0.5) is 0 Å². The van der Waals surface area contributed by atoms with E-state index in [2.05, 4.69) is 15.9 Å². The zero-order valence-corrected chi connectivity index (χ0v) is 11.0. The fourth-order valence-electron chi connectivity index (χ4n) is 1.86. The summed E-state index contributed by atoms with van der Waals surface area (Å²) in [6.07, 6.45) is 1.04. The molecule has 0 N–H and O–H groups in total. The van der Waals surface area contributed by atoms with E-state index in [-0.39, 0.29) is 5.92 Å². The second-order valence-corrected chi connectivity index (χ2v) is 5.95. The van der Waals surface area contributed by atoms with Crippen molar-refractivity contribution in [1.82, 2.24) is 0 Å². The predicted molar refractivity (Wildman–Crippen MR) is 68.6 cm³/mol. The maximum Gasteiger partial charge on any atom is 0.167 e. The highest BCUT2D eigenvalue weighted by molar-refractivity contribution is 9.10. The van der Waals surface area contributed by atoms with Gasteiger partial charge in [0.25, 0.3) is 0 Å². The number of hydrogen-bond donors (Lipinski definition) is 0. The number of Topliss-reactive ketones (excluding diaryl/α,β-unsaturated/α-hetero) is 1. The summed E-state index contributed by atoms with van der Waals surface area (Å²) in [4.78, 5) is 12.2. The lowest BCUT2D eigenvalue weighted by atomic mass is 9.94. The topological polar surface area (TPSA) is 17.1 Å². The summed E-state index contributed by atoms with van der Waals surface area (Å²) in [7, 11) is 0. The van der Waals surface area contributed by atoms with E-state index in [0.29, 0.717) is 5.78 Å². The standard InChI is InChI=1S/C12H13BrOS/c1-8-6-10(13)2-3-11(8)12(14)9-4-5-15-7-9/h2-3,6,9H,4-5,7H2,1H3. The Hall–Kier alpha value is -0.280. The van der Waals surface area contributed by atoms with Crippen LogP contribution < -0.4 is 0 Å². The Labute approximate surface area is 103 Å². The van der Waals surface area contributed by atoms with Gasteiger partial charge in [-0.1, -0.05) is 22.0 Å². The average molecular weight is 285 g/mol. The number of ketones is 1. The van der Waals surface area contributed by atoms with Crippen LogP contribution in [0.15, 0.2) is 22.7 Å². The van der Waals surface area contributed by atoms with E-state index in [1.165, 1.54) is 0 Å². The largest absolute Gasteiger partial charge is 0.294 e. The molecule has 1 aliphatic rings. The van der Waals surface area contributed by atoms with Crippen molar-refractivity contribution in [2.24, 2.45) is 5.92 Å². The lowest BCUT2D eigenvalue weighted by Gasteiger charge is -2.09. The number of thioether (sulfide) groups is 1. The lowest BCUT2D eigenvalue weighted by molar-refractivity contribution is 0.0933. The predicted octanol–water partition coefficient (Wildman–Crippen LogP) is 3.69. The van der Waals surface area contributed by atoms with Crippen LogP contribution in [-0.2, 0) is 0 Å². The van der Waals surface area contributed by atoms with E-state index >= 15 is 0 Å². The summed E-state index contributed by atoms with van der Waals surface area (Å²) in [5, 5.41) is 0. The normalized spacial score (nSPS) is 20.5. The van der Waals surface area contributed by atoms with E-state index in [0.717, 1.165) is 33.5 Å². The van der Waals surface area contributed by atoms with Gasteiger partial charge in [0.1, 0.15) is 0 Å². The molecule has 3 heteroatoms. The molecule has 0 amide bonds. The van der Waals surface area contributed by atoms with Crippen LogP contribution in [-0.4, -0.2) is 17.3 Å². The van der Waals surface area contributed by atoms with Crippen LogP contribution in [0, 0.1) is 12.8 Å². The minimum atomic E-state index is 0.245. The quantitative estimate of drug-likeness (QED) is 0.771. The molecule has 1 atom stereocenters. The molecule has 1 fully saturated rings. The first-order chi connectivity index (χ1) is 7.18. The summed E-state index contributed by atoms with van der Waals surface area (Å²) in [6.45, 7) is 2.00. The van der Waals surface area contributed by atoms with Crippen molar-refractivity contribution in [3.05, 3.63) is 33.8 Å². The number of rotatable bonds is 2. The third-order valence-corrected chi connectivity index (χ3v) is 4.41. The molecule has 1 heterocycles. The zero-order valence-electron chi connectivity index (χ0n) is 8.63. The number of halogens is 1. The van der Waals surface area contributed by atoms with Crippen LogP contribution >= 0.6 is 27.7 Å². The molecule has 2 rings (SSSR count). The molecule has 1 saturated heterocycles. The number of hydrogen-bond acceptors (Lipinski definition) is 2. The van der Waals surface area contributed by atoms with E-state index in [1.807, 2.05) is 36.9 Å². The Kier molecular flexibility index (Phi) is 3.52. The van der Waals surface area contributed by atoms with Crippen molar-refractivity contribution in [3.8, 4) is 0 Å². The first kappa shape index (κ1) is 11.2. The van der Waals surface area contributed by atoms with Crippen LogP contribution in [0.2, 0.25) is 0 Å². The van der Waals surface area contributed by atoms with Crippen molar-refractivity contribution < 1.29 is 4.79 Å². The highest BCUT2D eigenvalue weighted by Crippen LogP contribution is 2.28. The summed E-state index contributed by atoms with van der Waals surface area (Å²) in [5.74, 6) is 2.69. The molecule has 0 saturated carbocycles. The highest BCUT2D eigenvalue weighted by atomic mass is 79.9. The minimum absolute atomic E-state index is 0.245. The molecule has 1 aromatic carbocycles. The van der Waals surface area contributed by atoms with Gasteiger partial charge in [0, 0.05) is 21.7 Å². The van der Waals surface area contributed by atoms with E-state index in [4.69, 9.17) is 0 Å². The van der Waals surface area contributed by atoms with Crippen LogP contribution in [0.25, 0.3) is 0 Å². The molecule has 1 nitrogen and oxygen atoms in total. The molecular formula is C12H13BrOS. The van der Waals surface area contributed by atoms with E-state index < -0.39 is 0 Å². The van der Waals surface area contributed by atoms with E-state index in [1.54, 1.807) is 0 Å². The highest BCUT2D eigenvalue weighted by Gasteiger charge is 2.25. The third-order valence-electron chi connectivity index (χ3n) is 2.75. The second kappa shape index (κ2) is 4.71. The second-order valence-electron chi connectivity index (χ2n) is 3.88. The van der Waals surface area contributed by atoms with Gasteiger partial charge in [-0.25, -0.2) is 0 Å². The number of carbonyl (C=O) groups excluding carboxylic acids is 1. The molecule has 1 unspecified atom stereocenters. The van der Waals surface area contributed by atoms with Crippen molar-refractivity contribution in [1.29, 1.82) is 0 Å². The smallest absolute Gasteiger partial charge is 0.167 e. The molecule has 0 aromatic heterocycles. The summed E-state index contributed by atoms with van der Waals surface area (Å²) < 4.78 is 1.04. The van der Waals surface area contributed by atoms with Gasteiger partial charge < -0.3 is 0 Å². The van der Waals surface area contributed by atoms with Crippen LogP contribution in [0.5, 0.6) is 0 Å². The van der Waals surface area contributed by atoms with Gasteiger partial charge in [0.05, 0.1) is 0 Å². The Morgan fingerprint density at radius 1 is 1.53 bits per heavy atom. The zero-order chi connectivity index (χ0) is 10.8. The maximum atomic E-state index is 12.2. The fraction of sp³-hybridized carbons (Fsp3) is 0.417. The van der Waals surface area contributed by atoms with Gasteiger partial charge >= 0.3 is 0 Å². The molecule has 0 aliphatic carbocycles.